The Morgan fingerprint density at radius 2 is 2.00 bits per heavy atom. The van der Waals surface area contributed by atoms with E-state index in [0.717, 1.165) is 0 Å². The van der Waals surface area contributed by atoms with Crippen LogP contribution >= 0.6 is 0 Å². The SMILES string of the molecule is CC(OC1CCC1)[C@H](C)O. The summed E-state index contributed by atoms with van der Waals surface area (Å²) in [7, 11) is 0. The molecule has 0 spiro atoms. The number of aliphatic hydroxyl groups excluding tert-OH is 1. The maximum atomic E-state index is 9.06. The van der Waals surface area contributed by atoms with E-state index in [0.29, 0.717) is 6.10 Å². The van der Waals surface area contributed by atoms with Crippen molar-refractivity contribution in [2.24, 2.45) is 0 Å². The van der Waals surface area contributed by atoms with Crippen LogP contribution in [0, 0.1) is 0 Å². The van der Waals surface area contributed by atoms with Crippen molar-refractivity contribution in [2.75, 3.05) is 0 Å². The highest BCUT2D eigenvalue weighted by Gasteiger charge is 2.22. The van der Waals surface area contributed by atoms with Crippen molar-refractivity contribution in [1.29, 1.82) is 0 Å². The molecule has 1 fully saturated rings. The van der Waals surface area contributed by atoms with Crippen LogP contribution in [0.5, 0.6) is 0 Å². The summed E-state index contributed by atoms with van der Waals surface area (Å²) in [6.07, 6.45) is 3.75. The molecule has 0 radical (unpaired) electrons. The van der Waals surface area contributed by atoms with Crippen LogP contribution in [0.4, 0.5) is 0 Å². The second-order valence-corrected chi connectivity index (χ2v) is 3.13. The Bertz CT molecular complexity index is 97.4. The van der Waals surface area contributed by atoms with Crippen molar-refractivity contribution in [2.45, 2.75) is 51.4 Å². The van der Waals surface area contributed by atoms with Gasteiger partial charge in [0.1, 0.15) is 0 Å². The van der Waals surface area contributed by atoms with Gasteiger partial charge < -0.3 is 9.84 Å². The van der Waals surface area contributed by atoms with E-state index in [1.165, 1.54) is 19.3 Å². The average molecular weight is 144 g/mol. The summed E-state index contributed by atoms with van der Waals surface area (Å²) in [4.78, 5) is 0. The molecule has 1 unspecified atom stereocenters. The van der Waals surface area contributed by atoms with Gasteiger partial charge in [-0.25, -0.2) is 0 Å². The van der Waals surface area contributed by atoms with E-state index >= 15 is 0 Å². The van der Waals surface area contributed by atoms with Gasteiger partial charge in [-0.15, -0.1) is 0 Å². The molecular weight excluding hydrogens is 128 g/mol. The van der Waals surface area contributed by atoms with Gasteiger partial charge in [0, 0.05) is 0 Å². The third kappa shape index (κ3) is 1.96. The van der Waals surface area contributed by atoms with Crippen molar-refractivity contribution < 1.29 is 9.84 Å². The molecule has 2 heteroatoms. The summed E-state index contributed by atoms with van der Waals surface area (Å²) in [5.41, 5.74) is 0. The lowest BCUT2D eigenvalue weighted by Crippen LogP contribution is -2.32. The van der Waals surface area contributed by atoms with Crippen molar-refractivity contribution in [3.8, 4) is 0 Å². The lowest BCUT2D eigenvalue weighted by atomic mass is 9.96. The first-order chi connectivity index (χ1) is 4.70. The summed E-state index contributed by atoms with van der Waals surface area (Å²) in [5, 5.41) is 9.06. The number of hydrogen-bond acceptors (Lipinski definition) is 2. The van der Waals surface area contributed by atoms with E-state index < -0.39 is 0 Å². The van der Waals surface area contributed by atoms with Crippen molar-refractivity contribution in [3.05, 3.63) is 0 Å². The van der Waals surface area contributed by atoms with Crippen molar-refractivity contribution in [3.63, 3.8) is 0 Å². The number of ether oxygens (including phenoxy) is 1. The molecule has 2 nitrogen and oxygen atoms in total. The van der Waals surface area contributed by atoms with E-state index in [-0.39, 0.29) is 12.2 Å². The Kier molecular flexibility index (Phi) is 2.69. The van der Waals surface area contributed by atoms with Gasteiger partial charge in [0.25, 0.3) is 0 Å². The normalized spacial score (nSPS) is 25.5. The maximum Gasteiger partial charge on any atom is 0.0806 e. The van der Waals surface area contributed by atoms with Crippen LogP contribution in [-0.2, 0) is 4.74 Å². The number of rotatable bonds is 3. The standard InChI is InChI=1S/C8H16O2/c1-6(9)7(2)10-8-4-3-5-8/h6-9H,3-5H2,1-2H3/t6-,7?/m0/s1. The van der Waals surface area contributed by atoms with Gasteiger partial charge in [-0.1, -0.05) is 0 Å². The molecule has 2 atom stereocenters. The number of aliphatic hydroxyl groups is 1. The fraction of sp³-hybridized carbons (Fsp3) is 1.00. The molecule has 60 valence electrons. The fourth-order valence-electron chi connectivity index (χ4n) is 0.924. The average Bonchev–Trinajstić information content (AvgIpc) is 1.77. The summed E-state index contributed by atoms with van der Waals surface area (Å²) in [6.45, 7) is 3.69. The minimum Gasteiger partial charge on any atom is -0.391 e. The first kappa shape index (κ1) is 8.02. The Hall–Kier alpha value is -0.0800. The monoisotopic (exact) mass is 144 g/mol. The van der Waals surface area contributed by atoms with E-state index in [4.69, 9.17) is 9.84 Å². The van der Waals surface area contributed by atoms with Gasteiger partial charge in [-0.05, 0) is 33.1 Å². The van der Waals surface area contributed by atoms with Gasteiger partial charge in [0.2, 0.25) is 0 Å². The van der Waals surface area contributed by atoms with E-state index in [1.807, 2.05) is 6.92 Å². The Morgan fingerprint density at radius 1 is 1.40 bits per heavy atom. The molecule has 1 rings (SSSR count). The first-order valence-corrected chi connectivity index (χ1v) is 4.03. The molecule has 0 aromatic carbocycles. The van der Waals surface area contributed by atoms with Crippen LogP contribution < -0.4 is 0 Å². The summed E-state index contributed by atoms with van der Waals surface area (Å²) in [6, 6.07) is 0. The lowest BCUT2D eigenvalue weighted by molar-refractivity contribution is -0.0879. The quantitative estimate of drug-likeness (QED) is 0.647. The zero-order valence-corrected chi connectivity index (χ0v) is 6.71. The molecule has 0 amide bonds. The minimum atomic E-state index is -0.333. The molecule has 0 heterocycles. The zero-order valence-electron chi connectivity index (χ0n) is 6.71. The van der Waals surface area contributed by atoms with E-state index in [2.05, 4.69) is 0 Å². The molecule has 0 bridgehead atoms. The maximum absolute atomic E-state index is 9.06. The van der Waals surface area contributed by atoms with Crippen LogP contribution in [-0.4, -0.2) is 23.4 Å². The van der Waals surface area contributed by atoms with E-state index in [1.54, 1.807) is 6.92 Å². The number of hydrogen-bond donors (Lipinski definition) is 1. The molecule has 1 N–H and O–H groups in total. The first-order valence-electron chi connectivity index (χ1n) is 4.03. The topological polar surface area (TPSA) is 29.5 Å². The third-order valence-electron chi connectivity index (χ3n) is 2.14. The Labute approximate surface area is 62.2 Å². The van der Waals surface area contributed by atoms with Gasteiger partial charge in [0.05, 0.1) is 18.3 Å². The predicted octanol–water partition coefficient (Wildman–Crippen LogP) is 1.32. The fourth-order valence-corrected chi connectivity index (χ4v) is 0.924. The highest BCUT2D eigenvalue weighted by atomic mass is 16.5. The predicted molar refractivity (Wildman–Crippen MR) is 39.9 cm³/mol. The molecule has 1 aliphatic carbocycles. The Balaban J connectivity index is 2.10. The van der Waals surface area contributed by atoms with Crippen LogP contribution in [0.2, 0.25) is 0 Å². The largest absolute Gasteiger partial charge is 0.391 e. The molecule has 0 aliphatic heterocycles. The summed E-state index contributed by atoms with van der Waals surface area (Å²) in [5.74, 6) is 0. The second-order valence-electron chi connectivity index (χ2n) is 3.13. The van der Waals surface area contributed by atoms with Gasteiger partial charge in [-0.2, -0.15) is 0 Å². The molecular formula is C8H16O2. The molecule has 0 saturated heterocycles. The highest BCUT2D eigenvalue weighted by Crippen LogP contribution is 2.23. The van der Waals surface area contributed by atoms with Crippen LogP contribution in [0.3, 0.4) is 0 Å². The Morgan fingerprint density at radius 3 is 2.30 bits per heavy atom. The van der Waals surface area contributed by atoms with Crippen molar-refractivity contribution in [1.82, 2.24) is 0 Å². The molecule has 10 heavy (non-hydrogen) atoms. The molecule has 0 aromatic rings. The van der Waals surface area contributed by atoms with Crippen molar-refractivity contribution >= 4 is 0 Å². The zero-order chi connectivity index (χ0) is 7.56. The molecule has 0 aromatic heterocycles. The van der Waals surface area contributed by atoms with Crippen LogP contribution in [0.15, 0.2) is 0 Å². The lowest BCUT2D eigenvalue weighted by Gasteiger charge is -2.29. The minimum absolute atomic E-state index is 0.00491. The van der Waals surface area contributed by atoms with Crippen LogP contribution in [0.25, 0.3) is 0 Å². The van der Waals surface area contributed by atoms with Gasteiger partial charge in [-0.3, -0.25) is 0 Å². The summed E-state index contributed by atoms with van der Waals surface area (Å²) >= 11 is 0. The van der Waals surface area contributed by atoms with Gasteiger partial charge in [0.15, 0.2) is 0 Å². The molecule has 1 aliphatic rings. The summed E-state index contributed by atoms with van der Waals surface area (Å²) < 4.78 is 5.50. The third-order valence-corrected chi connectivity index (χ3v) is 2.14. The van der Waals surface area contributed by atoms with E-state index in [9.17, 15) is 0 Å². The smallest absolute Gasteiger partial charge is 0.0806 e. The van der Waals surface area contributed by atoms with Gasteiger partial charge >= 0.3 is 0 Å². The molecule has 1 saturated carbocycles. The highest BCUT2D eigenvalue weighted by molar-refractivity contribution is 4.71. The second kappa shape index (κ2) is 3.35. The van der Waals surface area contributed by atoms with Crippen LogP contribution in [0.1, 0.15) is 33.1 Å².